The first-order valence-electron chi connectivity index (χ1n) is 5.28. The van der Waals surface area contributed by atoms with Crippen molar-refractivity contribution in [1.82, 2.24) is 4.98 Å². The minimum atomic E-state index is 0.564. The number of hydrogen-bond acceptors (Lipinski definition) is 4. The van der Waals surface area contributed by atoms with Crippen molar-refractivity contribution >= 4 is 27.3 Å². The Morgan fingerprint density at radius 1 is 1.41 bits per heavy atom. The van der Waals surface area contributed by atoms with E-state index in [2.05, 4.69) is 20.9 Å². The molecule has 0 radical (unpaired) electrons. The summed E-state index contributed by atoms with van der Waals surface area (Å²) in [5.41, 5.74) is 8.54. The topological polar surface area (TPSA) is 48.1 Å². The molecule has 0 unspecified atom stereocenters. The predicted octanol–water partition coefficient (Wildman–Crippen LogP) is 2.99. The second-order valence-corrected chi connectivity index (χ2v) is 5.37. The molecule has 0 atom stereocenters. The summed E-state index contributed by atoms with van der Waals surface area (Å²) in [5.74, 6) is 0.866. The van der Waals surface area contributed by atoms with Gasteiger partial charge in [-0.1, -0.05) is 15.9 Å². The molecule has 2 N–H and O–H groups in total. The van der Waals surface area contributed by atoms with Crippen molar-refractivity contribution in [2.75, 3.05) is 6.54 Å². The van der Waals surface area contributed by atoms with Crippen LogP contribution in [0.25, 0.3) is 0 Å². The van der Waals surface area contributed by atoms with E-state index in [4.69, 9.17) is 10.5 Å². The molecule has 1 aromatic carbocycles. The van der Waals surface area contributed by atoms with E-state index in [1.165, 1.54) is 5.56 Å². The zero-order chi connectivity index (χ0) is 12.1. The summed E-state index contributed by atoms with van der Waals surface area (Å²) >= 11 is 5.10. The van der Waals surface area contributed by atoms with Crippen LogP contribution in [0.3, 0.4) is 0 Å². The Bertz CT molecular complexity index is 473. The molecule has 1 heterocycles. The summed E-state index contributed by atoms with van der Waals surface area (Å²) in [5, 5.41) is 0. The Morgan fingerprint density at radius 2 is 2.29 bits per heavy atom. The number of rotatable bonds is 5. The molecular formula is C12H13BrN2OS. The van der Waals surface area contributed by atoms with Crippen LogP contribution in [0.5, 0.6) is 5.75 Å². The Morgan fingerprint density at radius 3 is 3.00 bits per heavy atom. The van der Waals surface area contributed by atoms with Crippen LogP contribution in [0.1, 0.15) is 10.4 Å². The molecule has 0 saturated heterocycles. The third-order valence-corrected chi connectivity index (χ3v) is 3.82. The van der Waals surface area contributed by atoms with Gasteiger partial charge in [-0.25, -0.2) is 0 Å². The van der Waals surface area contributed by atoms with Crippen molar-refractivity contribution in [3.63, 3.8) is 0 Å². The second-order valence-electron chi connectivity index (χ2n) is 3.55. The molecule has 0 amide bonds. The molecule has 2 aromatic rings. The molecule has 90 valence electrons. The third kappa shape index (κ3) is 3.52. The van der Waals surface area contributed by atoms with E-state index in [9.17, 15) is 0 Å². The number of aromatic nitrogens is 1. The number of halogens is 1. The number of thiazole rings is 1. The smallest absolute Gasteiger partial charge is 0.124 e. The third-order valence-electron chi connectivity index (χ3n) is 2.30. The van der Waals surface area contributed by atoms with Gasteiger partial charge in [0.25, 0.3) is 0 Å². The molecule has 1 aromatic heterocycles. The first-order valence-corrected chi connectivity index (χ1v) is 6.95. The van der Waals surface area contributed by atoms with Crippen molar-refractivity contribution in [3.05, 3.63) is 44.8 Å². The van der Waals surface area contributed by atoms with Crippen LogP contribution < -0.4 is 10.5 Å². The van der Waals surface area contributed by atoms with Crippen molar-refractivity contribution in [1.29, 1.82) is 0 Å². The van der Waals surface area contributed by atoms with E-state index in [-0.39, 0.29) is 0 Å². The van der Waals surface area contributed by atoms with Crippen LogP contribution in [0, 0.1) is 0 Å². The lowest BCUT2D eigenvalue weighted by Gasteiger charge is -2.08. The van der Waals surface area contributed by atoms with Crippen LogP contribution in [0.4, 0.5) is 0 Å². The molecule has 2 rings (SSSR count). The maximum Gasteiger partial charge on any atom is 0.124 e. The van der Waals surface area contributed by atoms with Gasteiger partial charge in [0, 0.05) is 10.7 Å². The first-order chi connectivity index (χ1) is 8.29. The summed E-state index contributed by atoms with van der Waals surface area (Å²) in [7, 11) is 0. The summed E-state index contributed by atoms with van der Waals surface area (Å²) < 4.78 is 6.78. The molecule has 0 fully saturated rings. The van der Waals surface area contributed by atoms with Crippen molar-refractivity contribution in [2.24, 2.45) is 5.73 Å². The fourth-order valence-corrected chi connectivity index (χ4v) is 2.41. The molecule has 0 bridgehead atoms. The van der Waals surface area contributed by atoms with Gasteiger partial charge in [0.15, 0.2) is 0 Å². The molecule has 0 aliphatic heterocycles. The highest BCUT2D eigenvalue weighted by Crippen LogP contribution is 2.23. The highest BCUT2D eigenvalue weighted by atomic mass is 79.9. The van der Waals surface area contributed by atoms with E-state index in [1.807, 2.05) is 24.4 Å². The van der Waals surface area contributed by atoms with Crippen molar-refractivity contribution in [2.45, 2.75) is 13.0 Å². The van der Waals surface area contributed by atoms with Gasteiger partial charge in [-0.2, -0.15) is 0 Å². The van der Waals surface area contributed by atoms with Gasteiger partial charge < -0.3 is 10.5 Å². The lowest BCUT2D eigenvalue weighted by molar-refractivity contribution is 0.309. The first kappa shape index (κ1) is 12.5. The fraction of sp³-hybridized carbons (Fsp3) is 0.250. The Balaban J connectivity index is 2.03. The monoisotopic (exact) mass is 312 g/mol. The molecule has 0 aliphatic carbocycles. The van der Waals surface area contributed by atoms with Gasteiger partial charge >= 0.3 is 0 Å². The molecule has 17 heavy (non-hydrogen) atoms. The predicted molar refractivity (Wildman–Crippen MR) is 73.3 cm³/mol. The SMILES string of the molecule is NCCc1cc(OCc2cncs2)ccc1Br. The summed E-state index contributed by atoms with van der Waals surface area (Å²) in [6, 6.07) is 5.97. The molecule has 0 saturated carbocycles. The van der Waals surface area contributed by atoms with E-state index in [1.54, 1.807) is 16.8 Å². The van der Waals surface area contributed by atoms with Crippen LogP contribution in [0.15, 0.2) is 34.4 Å². The molecular weight excluding hydrogens is 300 g/mol. The van der Waals surface area contributed by atoms with Gasteiger partial charge in [0.05, 0.1) is 10.4 Å². The maximum absolute atomic E-state index is 5.70. The summed E-state index contributed by atoms with van der Waals surface area (Å²) in [6.45, 7) is 1.20. The van der Waals surface area contributed by atoms with E-state index < -0.39 is 0 Å². The normalized spacial score (nSPS) is 10.5. The van der Waals surface area contributed by atoms with Gasteiger partial charge in [-0.15, -0.1) is 11.3 Å². The van der Waals surface area contributed by atoms with Crippen LogP contribution in [-0.2, 0) is 13.0 Å². The minimum Gasteiger partial charge on any atom is -0.488 e. The standard InChI is InChI=1S/C12H13BrN2OS/c13-12-2-1-10(5-9(12)3-4-14)16-7-11-6-15-8-17-11/h1-2,5-6,8H,3-4,7,14H2. The Labute approximate surface area is 113 Å². The minimum absolute atomic E-state index is 0.564. The van der Waals surface area contributed by atoms with Crippen LogP contribution in [-0.4, -0.2) is 11.5 Å². The summed E-state index contributed by atoms with van der Waals surface area (Å²) in [6.07, 6.45) is 2.67. The van der Waals surface area contributed by atoms with Gasteiger partial charge in [0.2, 0.25) is 0 Å². The lowest BCUT2D eigenvalue weighted by Crippen LogP contribution is -2.03. The zero-order valence-electron chi connectivity index (χ0n) is 9.23. The highest BCUT2D eigenvalue weighted by Gasteiger charge is 2.03. The zero-order valence-corrected chi connectivity index (χ0v) is 11.6. The quantitative estimate of drug-likeness (QED) is 0.923. The van der Waals surface area contributed by atoms with Crippen LogP contribution in [0.2, 0.25) is 0 Å². The van der Waals surface area contributed by atoms with Gasteiger partial charge in [-0.05, 0) is 36.7 Å². The molecule has 5 heteroatoms. The average molecular weight is 313 g/mol. The molecule has 0 spiro atoms. The number of ether oxygens (including phenoxy) is 1. The Kier molecular flexibility index (Phi) is 4.53. The fourth-order valence-electron chi connectivity index (χ4n) is 1.46. The highest BCUT2D eigenvalue weighted by molar-refractivity contribution is 9.10. The van der Waals surface area contributed by atoms with Crippen molar-refractivity contribution in [3.8, 4) is 5.75 Å². The van der Waals surface area contributed by atoms with E-state index in [0.717, 1.165) is 21.5 Å². The number of nitrogens with two attached hydrogens (primary N) is 1. The largest absolute Gasteiger partial charge is 0.488 e. The van der Waals surface area contributed by atoms with Crippen molar-refractivity contribution < 1.29 is 4.74 Å². The lowest BCUT2D eigenvalue weighted by atomic mass is 10.1. The van der Waals surface area contributed by atoms with E-state index >= 15 is 0 Å². The second kappa shape index (κ2) is 6.14. The summed E-state index contributed by atoms with van der Waals surface area (Å²) in [4.78, 5) is 5.13. The number of hydrogen-bond donors (Lipinski definition) is 1. The average Bonchev–Trinajstić information content (AvgIpc) is 2.83. The van der Waals surface area contributed by atoms with E-state index in [0.29, 0.717) is 13.2 Å². The maximum atomic E-state index is 5.70. The number of benzene rings is 1. The Hall–Kier alpha value is -0.910. The van der Waals surface area contributed by atoms with Gasteiger partial charge in [0.1, 0.15) is 12.4 Å². The van der Waals surface area contributed by atoms with Crippen LogP contribution >= 0.6 is 27.3 Å². The number of nitrogens with zero attached hydrogens (tertiary/aromatic N) is 1. The molecule has 0 aliphatic rings. The van der Waals surface area contributed by atoms with Gasteiger partial charge in [-0.3, -0.25) is 4.98 Å². The molecule has 3 nitrogen and oxygen atoms in total.